The summed E-state index contributed by atoms with van der Waals surface area (Å²) in [4.78, 5) is 29.4. The van der Waals surface area contributed by atoms with Gasteiger partial charge in [0.05, 0.1) is 6.54 Å². The maximum atomic E-state index is 12.6. The van der Waals surface area contributed by atoms with E-state index in [2.05, 4.69) is 21.2 Å². The minimum absolute atomic E-state index is 0.0719. The fraction of sp³-hybridized carbons (Fsp3) is 0.190. The first-order valence-corrected chi connectivity index (χ1v) is 11.3. The molecule has 1 aliphatic heterocycles. The second kappa shape index (κ2) is 8.33. The van der Waals surface area contributed by atoms with Crippen LogP contribution in [0, 0.1) is 0 Å². The monoisotopic (exact) mass is 502 g/mol. The molecule has 3 aromatic rings. The zero-order valence-corrected chi connectivity index (χ0v) is 19.6. The molecule has 154 valence electrons. The van der Waals surface area contributed by atoms with Gasteiger partial charge in [0.25, 0.3) is 5.91 Å². The van der Waals surface area contributed by atoms with Gasteiger partial charge in [0, 0.05) is 46.1 Å². The molecule has 1 aliphatic rings. The van der Waals surface area contributed by atoms with Gasteiger partial charge in [-0.3, -0.25) is 14.5 Å². The number of amides is 2. The molecule has 0 radical (unpaired) electrons. The number of nitrogens with zero attached hydrogens (tertiary/aromatic N) is 3. The largest absolute Gasteiger partial charge is 0.350 e. The van der Waals surface area contributed by atoms with Crippen LogP contribution in [0.3, 0.4) is 0 Å². The van der Waals surface area contributed by atoms with Crippen LogP contribution >= 0.6 is 39.5 Å². The first-order valence-electron chi connectivity index (χ1n) is 9.20. The fourth-order valence-corrected chi connectivity index (χ4v) is 4.58. The van der Waals surface area contributed by atoms with Crippen molar-refractivity contribution in [1.29, 1.82) is 0 Å². The molecule has 3 heterocycles. The van der Waals surface area contributed by atoms with Crippen molar-refractivity contribution in [2.75, 3.05) is 14.1 Å². The van der Waals surface area contributed by atoms with Crippen molar-refractivity contribution in [3.8, 4) is 0 Å². The average molecular weight is 503 g/mol. The Hall–Kier alpha value is -2.49. The third-order valence-corrected chi connectivity index (χ3v) is 6.90. The van der Waals surface area contributed by atoms with Crippen molar-refractivity contribution < 1.29 is 9.59 Å². The quantitative estimate of drug-likeness (QED) is 0.425. The molecule has 1 fully saturated rings. The number of carbonyl (C=O) groups is 2. The maximum Gasteiger partial charge on any atom is 0.276 e. The van der Waals surface area contributed by atoms with Gasteiger partial charge in [-0.1, -0.05) is 22.0 Å². The van der Waals surface area contributed by atoms with Gasteiger partial charge in [0.1, 0.15) is 12.2 Å². The molecule has 1 aromatic carbocycles. The molecule has 0 unspecified atom stereocenters. The molecule has 2 aromatic heterocycles. The van der Waals surface area contributed by atoms with Crippen LogP contribution in [0.5, 0.6) is 0 Å². The molecule has 6 nitrogen and oxygen atoms in total. The number of hydrogen-bond acceptors (Lipinski definition) is 4. The highest BCUT2D eigenvalue weighted by molar-refractivity contribution is 9.10. The smallest absolute Gasteiger partial charge is 0.276 e. The zero-order valence-electron chi connectivity index (χ0n) is 16.4. The number of halogens is 1. The Morgan fingerprint density at radius 1 is 1.27 bits per heavy atom. The minimum atomic E-state index is -0.146. The Bertz CT molecular complexity index is 1180. The van der Waals surface area contributed by atoms with Gasteiger partial charge >= 0.3 is 0 Å². The van der Waals surface area contributed by atoms with Crippen molar-refractivity contribution in [1.82, 2.24) is 19.7 Å². The lowest BCUT2D eigenvalue weighted by Gasteiger charge is -2.10. The lowest BCUT2D eigenvalue weighted by molar-refractivity contribution is -0.122. The second-order valence-electron chi connectivity index (χ2n) is 6.97. The Morgan fingerprint density at radius 3 is 2.73 bits per heavy atom. The van der Waals surface area contributed by atoms with Crippen LogP contribution in [0.15, 0.2) is 52.1 Å². The number of likely N-dealkylation sites (N-methyl/N-ethyl adjacent to an activating group) is 2. The predicted molar refractivity (Wildman–Crippen MR) is 127 cm³/mol. The van der Waals surface area contributed by atoms with E-state index in [9.17, 15) is 9.59 Å². The van der Waals surface area contributed by atoms with Crippen LogP contribution < -0.4 is 5.32 Å². The van der Waals surface area contributed by atoms with Crippen molar-refractivity contribution >= 4 is 73.4 Å². The maximum absolute atomic E-state index is 12.6. The normalized spacial score (nSPS) is 15.6. The van der Waals surface area contributed by atoms with E-state index in [-0.39, 0.29) is 18.4 Å². The third kappa shape index (κ3) is 3.92. The van der Waals surface area contributed by atoms with E-state index in [1.165, 1.54) is 4.90 Å². The van der Waals surface area contributed by atoms with Crippen LogP contribution in [0.25, 0.3) is 17.0 Å². The molecule has 2 amide bonds. The molecule has 0 atom stereocenters. The molecule has 30 heavy (non-hydrogen) atoms. The van der Waals surface area contributed by atoms with E-state index in [1.807, 2.05) is 52.6 Å². The van der Waals surface area contributed by atoms with E-state index in [0.29, 0.717) is 17.4 Å². The van der Waals surface area contributed by atoms with E-state index in [0.717, 1.165) is 25.8 Å². The SMILES string of the molecule is CN1C(=O)/C(=C/c2cn(CC(=O)NCc3cccs3)c3ccc(Br)cc23)N(C)C1=S. The molecule has 0 spiro atoms. The van der Waals surface area contributed by atoms with Crippen LogP contribution in [-0.4, -0.2) is 45.4 Å². The van der Waals surface area contributed by atoms with Crippen LogP contribution in [0.4, 0.5) is 0 Å². The van der Waals surface area contributed by atoms with Gasteiger partial charge in [-0.25, -0.2) is 0 Å². The molecule has 1 N–H and O–H groups in total. The lowest BCUT2D eigenvalue weighted by atomic mass is 10.1. The highest BCUT2D eigenvalue weighted by Crippen LogP contribution is 2.29. The molecule has 0 bridgehead atoms. The first-order chi connectivity index (χ1) is 14.3. The number of nitrogens with one attached hydrogen (secondary N) is 1. The van der Waals surface area contributed by atoms with E-state index < -0.39 is 0 Å². The summed E-state index contributed by atoms with van der Waals surface area (Å²) in [5, 5.41) is 6.36. The number of thiocarbonyl (C=S) groups is 1. The Kier molecular flexibility index (Phi) is 5.77. The lowest BCUT2D eigenvalue weighted by Crippen LogP contribution is -2.26. The molecular weight excluding hydrogens is 484 g/mol. The second-order valence-corrected chi connectivity index (χ2v) is 9.28. The van der Waals surface area contributed by atoms with E-state index in [4.69, 9.17) is 12.2 Å². The van der Waals surface area contributed by atoms with E-state index in [1.54, 1.807) is 30.3 Å². The molecule has 0 saturated carbocycles. The summed E-state index contributed by atoms with van der Waals surface area (Å²) in [5.41, 5.74) is 2.27. The summed E-state index contributed by atoms with van der Waals surface area (Å²) < 4.78 is 2.83. The van der Waals surface area contributed by atoms with Crippen molar-refractivity contribution in [3.63, 3.8) is 0 Å². The first kappa shape index (κ1) is 20.8. The van der Waals surface area contributed by atoms with Gasteiger partial charge in [-0.15, -0.1) is 11.3 Å². The number of rotatable bonds is 5. The van der Waals surface area contributed by atoms with Gasteiger partial charge < -0.3 is 14.8 Å². The third-order valence-electron chi connectivity index (χ3n) is 4.98. The van der Waals surface area contributed by atoms with Crippen LogP contribution in [0.1, 0.15) is 10.4 Å². The molecule has 1 saturated heterocycles. The number of thiophene rings is 1. The average Bonchev–Trinajstić information content (AvgIpc) is 3.40. The molecule has 9 heteroatoms. The summed E-state index contributed by atoms with van der Waals surface area (Å²) in [7, 11) is 3.45. The molecular formula is C21H19BrN4O2S2. The molecule has 0 aliphatic carbocycles. The molecule has 4 rings (SSSR count). The Balaban J connectivity index is 1.65. The zero-order chi connectivity index (χ0) is 21.4. The highest BCUT2D eigenvalue weighted by Gasteiger charge is 2.33. The minimum Gasteiger partial charge on any atom is -0.350 e. The van der Waals surface area contributed by atoms with E-state index >= 15 is 0 Å². The topological polar surface area (TPSA) is 57.6 Å². The Morgan fingerprint density at radius 2 is 2.07 bits per heavy atom. The Labute approximate surface area is 191 Å². The van der Waals surface area contributed by atoms with Gasteiger partial charge in [0.2, 0.25) is 5.91 Å². The summed E-state index contributed by atoms with van der Waals surface area (Å²) in [6.45, 7) is 0.704. The number of benzene rings is 1. The summed E-state index contributed by atoms with van der Waals surface area (Å²) in [6, 6.07) is 9.85. The number of fused-ring (bicyclic) bond motifs is 1. The summed E-state index contributed by atoms with van der Waals surface area (Å²) in [5.74, 6) is -0.218. The van der Waals surface area contributed by atoms with Crippen molar-refractivity contribution in [2.24, 2.45) is 0 Å². The standard InChI is InChI=1S/C21H19BrN4O2S2/c1-24-18(20(28)25(2)21(24)29)8-13-11-26(17-6-5-14(22)9-16(13)17)12-19(27)23-10-15-4-3-7-30-15/h3-9,11H,10,12H2,1-2H3,(H,23,27)/b18-8-. The van der Waals surface area contributed by atoms with Crippen LogP contribution in [-0.2, 0) is 22.7 Å². The van der Waals surface area contributed by atoms with Gasteiger partial charge in [0.15, 0.2) is 5.11 Å². The highest BCUT2D eigenvalue weighted by atomic mass is 79.9. The number of hydrogen-bond donors (Lipinski definition) is 1. The predicted octanol–water partition coefficient (Wildman–Crippen LogP) is 3.81. The van der Waals surface area contributed by atoms with Crippen molar-refractivity contribution in [3.05, 3.63) is 62.5 Å². The van der Waals surface area contributed by atoms with Crippen molar-refractivity contribution in [2.45, 2.75) is 13.1 Å². The number of carbonyl (C=O) groups excluding carboxylic acids is 2. The fourth-order valence-electron chi connectivity index (χ4n) is 3.39. The summed E-state index contributed by atoms with van der Waals surface area (Å²) in [6.07, 6.45) is 3.73. The van der Waals surface area contributed by atoms with Gasteiger partial charge in [-0.05, 0) is 47.9 Å². The van der Waals surface area contributed by atoms with Crippen LogP contribution in [0.2, 0.25) is 0 Å². The number of aromatic nitrogens is 1. The van der Waals surface area contributed by atoms with Gasteiger partial charge in [-0.2, -0.15) is 0 Å². The summed E-state index contributed by atoms with van der Waals surface area (Å²) >= 11 is 10.4.